The number of ether oxygens (including phenoxy) is 1. The maximum absolute atomic E-state index is 10.7. The van der Waals surface area contributed by atoms with Crippen LogP contribution >= 0.6 is 11.6 Å². The lowest BCUT2D eigenvalue weighted by Gasteiger charge is -2.22. The number of rotatable bonds is 4. The summed E-state index contributed by atoms with van der Waals surface area (Å²) in [6, 6.07) is 1.41. The first-order chi connectivity index (χ1) is 8.66. The van der Waals surface area contributed by atoms with Gasteiger partial charge in [-0.3, -0.25) is 0 Å². The zero-order chi connectivity index (χ0) is 13.0. The number of nitrogens with one attached hydrogen (secondary N) is 1. The molecule has 0 aliphatic carbocycles. The van der Waals surface area contributed by atoms with Crippen LogP contribution in [0.1, 0.15) is 23.2 Å². The Morgan fingerprint density at radius 1 is 1.56 bits per heavy atom. The van der Waals surface area contributed by atoms with Gasteiger partial charge >= 0.3 is 5.97 Å². The first-order valence-electron chi connectivity index (χ1n) is 5.87. The molecule has 0 saturated carbocycles. The minimum atomic E-state index is -1.03. The van der Waals surface area contributed by atoms with Crippen LogP contribution in [0.3, 0.4) is 0 Å². The minimum Gasteiger partial charge on any atom is -0.478 e. The van der Waals surface area contributed by atoms with Gasteiger partial charge < -0.3 is 15.2 Å². The van der Waals surface area contributed by atoms with E-state index in [0.29, 0.717) is 16.8 Å². The number of aromatic carboxylic acids is 1. The van der Waals surface area contributed by atoms with Crippen LogP contribution in [0.4, 0.5) is 5.82 Å². The molecule has 2 N–H and O–H groups in total. The van der Waals surface area contributed by atoms with Crippen molar-refractivity contribution in [1.82, 2.24) is 4.98 Å². The number of carboxylic acid groups (broad SMARTS) is 1. The first-order valence-corrected chi connectivity index (χ1v) is 6.25. The largest absolute Gasteiger partial charge is 0.478 e. The smallest absolute Gasteiger partial charge is 0.337 e. The van der Waals surface area contributed by atoms with Crippen LogP contribution in [-0.4, -0.2) is 35.8 Å². The second-order valence-corrected chi connectivity index (χ2v) is 4.70. The highest BCUT2D eigenvalue weighted by Gasteiger charge is 2.14. The maximum atomic E-state index is 10.7. The van der Waals surface area contributed by atoms with Gasteiger partial charge in [0.2, 0.25) is 0 Å². The minimum absolute atomic E-state index is 0.0941. The lowest BCUT2D eigenvalue weighted by molar-refractivity contribution is 0.0693. The highest BCUT2D eigenvalue weighted by Crippen LogP contribution is 2.22. The Bertz CT molecular complexity index is 433. The van der Waals surface area contributed by atoms with E-state index >= 15 is 0 Å². The Morgan fingerprint density at radius 3 is 2.89 bits per heavy atom. The molecule has 0 spiro atoms. The third kappa shape index (κ3) is 3.34. The monoisotopic (exact) mass is 270 g/mol. The number of pyridine rings is 1. The molecule has 1 aliphatic rings. The molecular formula is C12H15ClN2O3. The van der Waals surface area contributed by atoms with Crippen molar-refractivity contribution in [3.8, 4) is 0 Å². The van der Waals surface area contributed by atoms with Crippen LogP contribution in [0.15, 0.2) is 12.3 Å². The fraction of sp³-hybridized carbons (Fsp3) is 0.500. The van der Waals surface area contributed by atoms with Crippen molar-refractivity contribution in [2.45, 2.75) is 12.8 Å². The van der Waals surface area contributed by atoms with Crippen LogP contribution in [0, 0.1) is 5.92 Å². The summed E-state index contributed by atoms with van der Waals surface area (Å²) in [7, 11) is 0. The Morgan fingerprint density at radius 2 is 2.28 bits per heavy atom. The third-order valence-corrected chi connectivity index (χ3v) is 3.28. The number of anilines is 1. The average molecular weight is 271 g/mol. The SMILES string of the molecule is O=C(O)c1cnc(NCC2CCOCC2)c(Cl)c1. The quantitative estimate of drug-likeness (QED) is 0.878. The summed E-state index contributed by atoms with van der Waals surface area (Å²) in [5.41, 5.74) is 0.0941. The van der Waals surface area contributed by atoms with Gasteiger partial charge in [-0.05, 0) is 24.8 Å². The second kappa shape index (κ2) is 6.02. The van der Waals surface area contributed by atoms with Crippen molar-refractivity contribution in [1.29, 1.82) is 0 Å². The molecule has 1 aliphatic heterocycles. The summed E-state index contributed by atoms with van der Waals surface area (Å²) in [6.07, 6.45) is 3.36. The topological polar surface area (TPSA) is 71.5 Å². The molecule has 5 nitrogen and oxygen atoms in total. The predicted octanol–water partition coefficient (Wildman–Crippen LogP) is 2.27. The summed E-state index contributed by atoms with van der Waals surface area (Å²) in [5, 5.41) is 12.3. The fourth-order valence-corrected chi connectivity index (χ4v) is 2.11. The molecule has 18 heavy (non-hydrogen) atoms. The molecule has 1 aromatic rings. The molecule has 0 radical (unpaired) electrons. The molecule has 2 rings (SSSR count). The van der Waals surface area contributed by atoms with Crippen LogP contribution in [-0.2, 0) is 4.74 Å². The Hall–Kier alpha value is -1.33. The standard InChI is InChI=1S/C12H15ClN2O3/c13-10-5-9(12(16)17)7-15-11(10)14-6-8-1-3-18-4-2-8/h5,7-8H,1-4,6H2,(H,14,15)(H,16,17). The number of nitrogens with zero attached hydrogens (tertiary/aromatic N) is 1. The van der Waals surface area contributed by atoms with Gasteiger partial charge in [0.25, 0.3) is 0 Å². The second-order valence-electron chi connectivity index (χ2n) is 4.30. The highest BCUT2D eigenvalue weighted by atomic mass is 35.5. The zero-order valence-corrected chi connectivity index (χ0v) is 10.6. The van der Waals surface area contributed by atoms with Gasteiger partial charge in [-0.1, -0.05) is 11.6 Å². The summed E-state index contributed by atoms with van der Waals surface area (Å²) in [5.74, 6) is 0.0595. The predicted molar refractivity (Wildman–Crippen MR) is 68.2 cm³/mol. The van der Waals surface area contributed by atoms with Crippen LogP contribution in [0.5, 0.6) is 0 Å². The van der Waals surface area contributed by atoms with Crippen LogP contribution in [0.25, 0.3) is 0 Å². The molecule has 0 unspecified atom stereocenters. The van der Waals surface area contributed by atoms with E-state index < -0.39 is 5.97 Å². The molecule has 1 fully saturated rings. The van der Waals surface area contributed by atoms with Crippen molar-refractivity contribution in [3.63, 3.8) is 0 Å². The van der Waals surface area contributed by atoms with Gasteiger partial charge in [0, 0.05) is 26.0 Å². The van der Waals surface area contributed by atoms with Gasteiger partial charge in [-0.2, -0.15) is 0 Å². The number of hydrogen-bond acceptors (Lipinski definition) is 4. The van der Waals surface area contributed by atoms with E-state index in [1.807, 2.05) is 0 Å². The molecule has 0 amide bonds. The Balaban J connectivity index is 1.94. The van der Waals surface area contributed by atoms with Crippen molar-refractivity contribution in [3.05, 3.63) is 22.8 Å². The normalized spacial score (nSPS) is 16.5. The molecule has 1 aromatic heterocycles. The lowest BCUT2D eigenvalue weighted by atomic mass is 10.0. The van der Waals surface area contributed by atoms with E-state index in [1.165, 1.54) is 12.3 Å². The molecule has 0 atom stereocenters. The van der Waals surface area contributed by atoms with Crippen molar-refractivity contribution in [2.75, 3.05) is 25.1 Å². The van der Waals surface area contributed by atoms with E-state index in [-0.39, 0.29) is 5.56 Å². The van der Waals surface area contributed by atoms with Gasteiger partial charge in [0.15, 0.2) is 0 Å². The van der Waals surface area contributed by atoms with E-state index in [4.69, 9.17) is 21.4 Å². The van der Waals surface area contributed by atoms with Gasteiger partial charge in [-0.15, -0.1) is 0 Å². The van der Waals surface area contributed by atoms with Gasteiger partial charge in [0.1, 0.15) is 5.82 Å². The van der Waals surface area contributed by atoms with Gasteiger partial charge in [-0.25, -0.2) is 9.78 Å². The van der Waals surface area contributed by atoms with Crippen molar-refractivity contribution in [2.24, 2.45) is 5.92 Å². The lowest BCUT2D eigenvalue weighted by Crippen LogP contribution is -2.23. The Kier molecular flexibility index (Phi) is 4.38. The van der Waals surface area contributed by atoms with Crippen LogP contribution < -0.4 is 5.32 Å². The van der Waals surface area contributed by atoms with E-state index in [0.717, 1.165) is 32.6 Å². The molecule has 2 heterocycles. The van der Waals surface area contributed by atoms with Gasteiger partial charge in [0.05, 0.1) is 10.6 Å². The number of hydrogen-bond donors (Lipinski definition) is 2. The molecular weight excluding hydrogens is 256 g/mol. The fourth-order valence-electron chi connectivity index (χ4n) is 1.88. The molecule has 0 bridgehead atoms. The van der Waals surface area contributed by atoms with E-state index in [2.05, 4.69) is 10.3 Å². The molecule has 0 aromatic carbocycles. The average Bonchev–Trinajstić information content (AvgIpc) is 2.38. The number of halogens is 1. The summed E-state index contributed by atoms with van der Waals surface area (Å²) in [4.78, 5) is 14.8. The third-order valence-electron chi connectivity index (χ3n) is 2.99. The summed E-state index contributed by atoms with van der Waals surface area (Å²) in [6.45, 7) is 2.37. The summed E-state index contributed by atoms with van der Waals surface area (Å²) < 4.78 is 5.28. The molecule has 6 heteroatoms. The number of carboxylic acids is 1. The van der Waals surface area contributed by atoms with E-state index in [9.17, 15) is 4.79 Å². The summed E-state index contributed by atoms with van der Waals surface area (Å²) >= 11 is 5.98. The first kappa shape index (κ1) is 13.1. The van der Waals surface area contributed by atoms with Crippen molar-refractivity contribution >= 4 is 23.4 Å². The molecule has 98 valence electrons. The van der Waals surface area contributed by atoms with Crippen LogP contribution in [0.2, 0.25) is 5.02 Å². The Labute approximate surface area is 110 Å². The van der Waals surface area contributed by atoms with E-state index in [1.54, 1.807) is 0 Å². The molecule has 1 saturated heterocycles. The highest BCUT2D eigenvalue weighted by molar-refractivity contribution is 6.33. The maximum Gasteiger partial charge on any atom is 0.337 e. The van der Waals surface area contributed by atoms with Crippen molar-refractivity contribution < 1.29 is 14.6 Å². The zero-order valence-electron chi connectivity index (χ0n) is 9.86. The number of aromatic nitrogens is 1. The number of carbonyl (C=O) groups is 1.